The predicted octanol–water partition coefficient (Wildman–Crippen LogP) is 2.13. The van der Waals surface area contributed by atoms with Gasteiger partial charge in [-0.05, 0) is 35.6 Å². The number of nitrogens with one attached hydrogen (secondary N) is 1. The second kappa shape index (κ2) is 7.63. The lowest BCUT2D eigenvalue weighted by Crippen LogP contribution is -2.24. The van der Waals surface area contributed by atoms with Crippen LogP contribution in [0.1, 0.15) is 21.5 Å². The van der Waals surface area contributed by atoms with Gasteiger partial charge in [0.2, 0.25) is 10.0 Å². The van der Waals surface area contributed by atoms with Crippen molar-refractivity contribution in [3.8, 4) is 0 Å². The number of carbonyl (C=O) groups is 1. The van der Waals surface area contributed by atoms with Crippen molar-refractivity contribution < 1.29 is 13.2 Å². The van der Waals surface area contributed by atoms with Crippen LogP contribution in [0.5, 0.6) is 0 Å². The number of benzene rings is 2. The monoisotopic (exact) mass is 350 g/mol. The van der Waals surface area contributed by atoms with E-state index in [4.69, 9.17) is 5.14 Å². The Kier molecular flexibility index (Phi) is 5.81. The zero-order valence-electron chi connectivity index (χ0n) is 12.7. The van der Waals surface area contributed by atoms with Gasteiger partial charge in [0, 0.05) is 17.9 Å². The van der Waals surface area contributed by atoms with Gasteiger partial charge in [-0.15, -0.1) is 0 Å². The van der Waals surface area contributed by atoms with Gasteiger partial charge in [-0.25, -0.2) is 13.6 Å². The van der Waals surface area contributed by atoms with E-state index in [0.29, 0.717) is 11.1 Å². The maximum absolute atomic E-state index is 12.2. The molecular weight excluding hydrogens is 332 g/mol. The first-order chi connectivity index (χ1) is 10.9. The summed E-state index contributed by atoms with van der Waals surface area (Å²) in [5.41, 5.74) is 2.14. The molecule has 0 heterocycles. The van der Waals surface area contributed by atoms with Crippen molar-refractivity contribution >= 4 is 27.7 Å². The zero-order valence-corrected chi connectivity index (χ0v) is 14.3. The molecule has 1 amide bonds. The molecule has 0 aliphatic heterocycles. The van der Waals surface area contributed by atoms with Gasteiger partial charge in [0.25, 0.3) is 5.91 Å². The number of thioether (sulfide) groups is 1. The molecule has 7 heteroatoms. The third-order valence-corrected chi connectivity index (χ3v) is 4.88. The third kappa shape index (κ3) is 4.82. The van der Waals surface area contributed by atoms with Crippen molar-refractivity contribution in [2.24, 2.45) is 5.14 Å². The van der Waals surface area contributed by atoms with Crippen molar-refractivity contribution in [2.75, 3.05) is 6.26 Å². The SMILES string of the molecule is CSCc1ccc(C(=O)NCc2ccccc2S(N)(=O)=O)cc1. The van der Waals surface area contributed by atoms with Crippen LogP contribution < -0.4 is 10.5 Å². The van der Waals surface area contributed by atoms with Gasteiger partial charge in [0.15, 0.2) is 0 Å². The van der Waals surface area contributed by atoms with Gasteiger partial charge in [-0.1, -0.05) is 30.3 Å². The third-order valence-electron chi connectivity index (χ3n) is 3.25. The fourth-order valence-electron chi connectivity index (χ4n) is 2.12. The maximum atomic E-state index is 12.2. The molecule has 23 heavy (non-hydrogen) atoms. The zero-order chi connectivity index (χ0) is 16.9. The molecule has 3 N–H and O–H groups in total. The van der Waals surface area contributed by atoms with Gasteiger partial charge in [-0.2, -0.15) is 11.8 Å². The van der Waals surface area contributed by atoms with Gasteiger partial charge in [0.1, 0.15) is 0 Å². The van der Waals surface area contributed by atoms with E-state index in [2.05, 4.69) is 5.32 Å². The molecule has 0 unspecified atom stereocenters. The van der Waals surface area contributed by atoms with Crippen molar-refractivity contribution in [1.82, 2.24) is 5.32 Å². The lowest BCUT2D eigenvalue weighted by Gasteiger charge is -2.09. The number of sulfonamides is 1. The summed E-state index contributed by atoms with van der Waals surface area (Å²) < 4.78 is 23.1. The van der Waals surface area contributed by atoms with Crippen LogP contribution in [0.4, 0.5) is 0 Å². The van der Waals surface area contributed by atoms with E-state index in [1.54, 1.807) is 42.1 Å². The molecule has 0 spiro atoms. The molecule has 2 aromatic rings. The molecule has 0 radical (unpaired) electrons. The van der Waals surface area contributed by atoms with E-state index in [9.17, 15) is 13.2 Å². The number of rotatable bonds is 6. The molecule has 0 saturated carbocycles. The Morgan fingerprint density at radius 3 is 2.39 bits per heavy atom. The van der Waals surface area contributed by atoms with Crippen LogP contribution in [-0.2, 0) is 22.3 Å². The van der Waals surface area contributed by atoms with Crippen LogP contribution in [0.25, 0.3) is 0 Å². The quantitative estimate of drug-likeness (QED) is 0.835. The van der Waals surface area contributed by atoms with Crippen molar-refractivity contribution in [3.63, 3.8) is 0 Å². The largest absolute Gasteiger partial charge is 0.348 e. The highest BCUT2D eigenvalue weighted by Gasteiger charge is 2.14. The molecule has 0 saturated heterocycles. The molecule has 2 rings (SSSR count). The average molecular weight is 350 g/mol. The summed E-state index contributed by atoms with van der Waals surface area (Å²) in [5, 5.41) is 7.89. The average Bonchev–Trinajstić information content (AvgIpc) is 2.53. The van der Waals surface area contributed by atoms with E-state index in [0.717, 1.165) is 11.3 Å². The van der Waals surface area contributed by atoms with Crippen LogP contribution in [0.2, 0.25) is 0 Å². The Morgan fingerprint density at radius 2 is 1.78 bits per heavy atom. The minimum atomic E-state index is -3.81. The summed E-state index contributed by atoms with van der Waals surface area (Å²) in [6.07, 6.45) is 2.02. The maximum Gasteiger partial charge on any atom is 0.251 e. The number of hydrogen-bond donors (Lipinski definition) is 2. The fraction of sp³-hybridized carbons (Fsp3) is 0.188. The lowest BCUT2D eigenvalue weighted by atomic mass is 10.1. The minimum absolute atomic E-state index is 0.0237. The summed E-state index contributed by atoms with van der Waals surface area (Å²) in [6.45, 7) is 0.0952. The summed E-state index contributed by atoms with van der Waals surface area (Å²) in [5.74, 6) is 0.633. The highest BCUT2D eigenvalue weighted by atomic mass is 32.2. The molecule has 0 aliphatic rings. The number of carbonyl (C=O) groups excluding carboxylic acids is 1. The number of amides is 1. The Bertz CT molecular complexity index is 787. The molecule has 5 nitrogen and oxygen atoms in total. The van der Waals surface area contributed by atoms with Crippen LogP contribution in [0, 0.1) is 0 Å². The van der Waals surface area contributed by atoms with Crippen LogP contribution in [0.3, 0.4) is 0 Å². The number of nitrogens with two attached hydrogens (primary N) is 1. The molecule has 2 aromatic carbocycles. The van der Waals surface area contributed by atoms with Crippen LogP contribution in [0.15, 0.2) is 53.4 Å². The van der Waals surface area contributed by atoms with Crippen LogP contribution in [-0.4, -0.2) is 20.6 Å². The predicted molar refractivity (Wildman–Crippen MR) is 92.6 cm³/mol. The summed E-state index contributed by atoms with van der Waals surface area (Å²) >= 11 is 1.71. The fourth-order valence-corrected chi connectivity index (χ4v) is 3.42. The summed E-state index contributed by atoms with van der Waals surface area (Å²) in [4.78, 5) is 12.2. The number of primary sulfonamides is 1. The van der Waals surface area contributed by atoms with Gasteiger partial charge in [0.05, 0.1) is 4.90 Å². The van der Waals surface area contributed by atoms with Gasteiger partial charge in [-0.3, -0.25) is 4.79 Å². The first kappa shape index (κ1) is 17.5. The minimum Gasteiger partial charge on any atom is -0.348 e. The van der Waals surface area contributed by atoms with Crippen LogP contribution >= 0.6 is 11.8 Å². The van der Waals surface area contributed by atoms with E-state index in [1.807, 2.05) is 18.4 Å². The Labute approximate surface area is 140 Å². The highest BCUT2D eigenvalue weighted by molar-refractivity contribution is 7.97. The Balaban J connectivity index is 2.08. The smallest absolute Gasteiger partial charge is 0.251 e. The standard InChI is InChI=1S/C16H18N2O3S2/c1-22-11-12-6-8-13(9-7-12)16(19)18-10-14-4-2-3-5-15(14)23(17,20)21/h2-9H,10-11H2,1H3,(H,18,19)(H2,17,20,21). The first-order valence-electron chi connectivity index (χ1n) is 6.88. The topological polar surface area (TPSA) is 89.3 Å². The van der Waals surface area contributed by atoms with E-state index in [-0.39, 0.29) is 17.3 Å². The van der Waals surface area contributed by atoms with Crippen molar-refractivity contribution in [2.45, 2.75) is 17.2 Å². The van der Waals surface area contributed by atoms with Gasteiger partial charge >= 0.3 is 0 Å². The summed E-state index contributed by atoms with van der Waals surface area (Å²) in [6, 6.07) is 13.7. The van der Waals surface area contributed by atoms with Crippen molar-refractivity contribution in [1.29, 1.82) is 0 Å². The Morgan fingerprint density at radius 1 is 1.13 bits per heavy atom. The van der Waals surface area contributed by atoms with E-state index >= 15 is 0 Å². The molecule has 0 atom stereocenters. The first-order valence-corrected chi connectivity index (χ1v) is 9.82. The molecule has 0 aliphatic carbocycles. The normalized spacial score (nSPS) is 11.2. The number of hydrogen-bond acceptors (Lipinski definition) is 4. The van der Waals surface area contributed by atoms with E-state index in [1.165, 1.54) is 6.07 Å². The second-order valence-electron chi connectivity index (χ2n) is 4.97. The highest BCUT2D eigenvalue weighted by Crippen LogP contribution is 2.14. The molecular formula is C16H18N2O3S2. The Hall–Kier alpha value is -1.83. The lowest BCUT2D eigenvalue weighted by molar-refractivity contribution is 0.0950. The summed E-state index contributed by atoms with van der Waals surface area (Å²) in [7, 11) is -3.81. The molecule has 0 fully saturated rings. The molecule has 122 valence electrons. The second-order valence-corrected chi connectivity index (χ2v) is 7.36. The van der Waals surface area contributed by atoms with E-state index < -0.39 is 10.0 Å². The molecule has 0 bridgehead atoms. The molecule has 0 aromatic heterocycles. The van der Waals surface area contributed by atoms with Crippen molar-refractivity contribution in [3.05, 3.63) is 65.2 Å². The van der Waals surface area contributed by atoms with Gasteiger partial charge < -0.3 is 5.32 Å².